The van der Waals surface area contributed by atoms with Crippen LogP contribution < -0.4 is 11.1 Å². The fourth-order valence-corrected chi connectivity index (χ4v) is 5.54. The second-order valence-corrected chi connectivity index (χ2v) is 9.44. The minimum atomic E-state index is -0.721. The third kappa shape index (κ3) is 3.63. The van der Waals surface area contributed by atoms with Gasteiger partial charge in [-0.1, -0.05) is 30.3 Å². The molecule has 0 radical (unpaired) electrons. The number of fused-ring (bicyclic) bond motifs is 2. The largest absolute Gasteiger partial charge is 0.508 e. The number of phenolic OH excluding ortho intramolecular Hbond substituents is 1. The first-order valence-corrected chi connectivity index (χ1v) is 11.9. The average Bonchev–Trinajstić information content (AvgIpc) is 3.47. The second-order valence-electron chi connectivity index (χ2n) is 9.44. The van der Waals surface area contributed by atoms with E-state index in [4.69, 9.17) is 10.7 Å². The number of carbonyl (C=O) groups is 1. The van der Waals surface area contributed by atoms with Gasteiger partial charge in [0.15, 0.2) is 5.82 Å². The summed E-state index contributed by atoms with van der Waals surface area (Å²) in [4.78, 5) is 20.7. The van der Waals surface area contributed by atoms with Crippen LogP contribution in [-0.4, -0.2) is 35.8 Å². The Bertz CT molecular complexity index is 1420. The molecule has 4 aromatic rings. The molecule has 2 aromatic heterocycles. The van der Waals surface area contributed by atoms with Gasteiger partial charge in [0.05, 0.1) is 17.7 Å². The van der Waals surface area contributed by atoms with Crippen molar-refractivity contribution < 1.29 is 15.0 Å². The van der Waals surface area contributed by atoms with Crippen molar-refractivity contribution in [3.63, 3.8) is 0 Å². The van der Waals surface area contributed by atoms with Gasteiger partial charge in [0.25, 0.3) is 0 Å². The smallest absolute Gasteiger partial charge is 0.306 e. The predicted octanol–water partition coefficient (Wildman–Crippen LogP) is 4.15. The van der Waals surface area contributed by atoms with Crippen LogP contribution in [-0.2, 0) is 11.2 Å². The Labute approximate surface area is 201 Å². The van der Waals surface area contributed by atoms with E-state index in [2.05, 4.69) is 27.5 Å². The number of phenols is 1. The van der Waals surface area contributed by atoms with Crippen LogP contribution in [0, 0.1) is 5.92 Å². The zero-order chi connectivity index (χ0) is 24.1. The number of aromatic hydroxyl groups is 1. The van der Waals surface area contributed by atoms with Gasteiger partial charge in [-0.2, -0.15) is 5.10 Å². The topological polar surface area (TPSA) is 139 Å². The Balaban J connectivity index is 1.37. The molecule has 35 heavy (non-hydrogen) atoms. The molecule has 0 amide bonds. The van der Waals surface area contributed by atoms with Gasteiger partial charge < -0.3 is 21.3 Å². The molecule has 1 atom stereocenters. The Kier molecular flexibility index (Phi) is 5.05. The van der Waals surface area contributed by atoms with Crippen molar-refractivity contribution in [1.29, 1.82) is 0 Å². The molecule has 1 saturated carbocycles. The lowest BCUT2D eigenvalue weighted by molar-refractivity contribution is -0.142. The Morgan fingerprint density at radius 3 is 2.60 bits per heavy atom. The van der Waals surface area contributed by atoms with Gasteiger partial charge in [-0.3, -0.25) is 4.79 Å². The lowest BCUT2D eigenvalue weighted by Gasteiger charge is -2.24. The molecular formula is C26H26N6O3. The molecule has 1 aliphatic heterocycles. The minimum absolute atomic E-state index is 0.101. The molecule has 0 spiro atoms. The summed E-state index contributed by atoms with van der Waals surface area (Å²) in [6, 6.07) is 13.3. The molecule has 1 aliphatic carbocycles. The number of hydrogen-bond acceptors (Lipinski definition) is 7. The summed E-state index contributed by atoms with van der Waals surface area (Å²) < 4.78 is 1.80. The SMILES string of the molecule is Nc1ncnn2c1c(C1Cc3cccc(-c4ccc(O)cc4)c3N1)nc2[C@H]1CC[C@H](C(=O)O)CC1. The number of benzene rings is 2. The summed E-state index contributed by atoms with van der Waals surface area (Å²) in [5, 5.41) is 27.2. The van der Waals surface area contributed by atoms with Gasteiger partial charge in [0.1, 0.15) is 23.4 Å². The highest BCUT2D eigenvalue weighted by molar-refractivity contribution is 5.83. The van der Waals surface area contributed by atoms with E-state index in [0.29, 0.717) is 24.2 Å². The zero-order valence-electron chi connectivity index (χ0n) is 19.1. The van der Waals surface area contributed by atoms with E-state index >= 15 is 0 Å². The highest BCUT2D eigenvalue weighted by atomic mass is 16.4. The normalized spacial score (nSPS) is 21.5. The van der Waals surface area contributed by atoms with Crippen LogP contribution in [0.1, 0.15) is 54.7 Å². The highest BCUT2D eigenvalue weighted by Gasteiger charge is 2.34. The number of rotatable bonds is 4. The van der Waals surface area contributed by atoms with Crippen LogP contribution >= 0.6 is 0 Å². The molecule has 6 rings (SSSR count). The van der Waals surface area contributed by atoms with Gasteiger partial charge in [-0.15, -0.1) is 0 Å². The third-order valence-corrected chi connectivity index (χ3v) is 7.36. The number of carboxylic acids is 1. The van der Waals surface area contributed by atoms with Crippen molar-refractivity contribution in [2.75, 3.05) is 11.1 Å². The number of para-hydroxylation sites is 1. The van der Waals surface area contributed by atoms with E-state index in [0.717, 1.165) is 47.6 Å². The van der Waals surface area contributed by atoms with Crippen molar-refractivity contribution in [2.24, 2.45) is 5.92 Å². The minimum Gasteiger partial charge on any atom is -0.508 e. The number of hydrogen-bond donors (Lipinski definition) is 4. The van der Waals surface area contributed by atoms with Crippen molar-refractivity contribution >= 4 is 23.0 Å². The third-order valence-electron chi connectivity index (χ3n) is 7.36. The maximum atomic E-state index is 11.4. The van der Waals surface area contributed by atoms with Crippen LogP contribution in [0.15, 0.2) is 48.8 Å². The van der Waals surface area contributed by atoms with Crippen molar-refractivity contribution in [1.82, 2.24) is 19.6 Å². The number of nitrogens with zero attached hydrogens (tertiary/aromatic N) is 4. The molecule has 1 unspecified atom stereocenters. The van der Waals surface area contributed by atoms with Crippen LogP contribution in [0.2, 0.25) is 0 Å². The fourth-order valence-electron chi connectivity index (χ4n) is 5.54. The number of imidazole rings is 1. The Morgan fingerprint density at radius 2 is 1.86 bits per heavy atom. The van der Waals surface area contributed by atoms with E-state index in [9.17, 15) is 15.0 Å². The number of nitrogens with one attached hydrogen (secondary N) is 1. The van der Waals surface area contributed by atoms with Crippen molar-refractivity contribution in [3.05, 3.63) is 65.9 Å². The molecule has 9 nitrogen and oxygen atoms in total. The van der Waals surface area contributed by atoms with Crippen LogP contribution in [0.4, 0.5) is 11.5 Å². The van der Waals surface area contributed by atoms with Crippen LogP contribution in [0.3, 0.4) is 0 Å². The number of aromatic nitrogens is 4. The van der Waals surface area contributed by atoms with Crippen molar-refractivity contribution in [2.45, 2.75) is 44.1 Å². The van der Waals surface area contributed by atoms with Crippen LogP contribution in [0.25, 0.3) is 16.6 Å². The monoisotopic (exact) mass is 470 g/mol. The van der Waals surface area contributed by atoms with Gasteiger partial charge in [-0.05, 0) is 48.9 Å². The maximum Gasteiger partial charge on any atom is 0.306 e. The highest BCUT2D eigenvalue weighted by Crippen LogP contribution is 2.43. The number of aliphatic carboxylic acids is 1. The van der Waals surface area contributed by atoms with Gasteiger partial charge in [0.2, 0.25) is 0 Å². The summed E-state index contributed by atoms with van der Waals surface area (Å²) >= 11 is 0. The van der Waals surface area contributed by atoms with Crippen molar-refractivity contribution in [3.8, 4) is 16.9 Å². The number of carboxylic acid groups (broad SMARTS) is 1. The summed E-state index contributed by atoms with van der Waals surface area (Å²) in [7, 11) is 0. The average molecular weight is 471 g/mol. The molecule has 0 saturated heterocycles. The first kappa shape index (κ1) is 21.4. The molecule has 178 valence electrons. The zero-order valence-corrected chi connectivity index (χ0v) is 19.1. The number of anilines is 2. The molecule has 1 fully saturated rings. The molecular weight excluding hydrogens is 444 g/mol. The molecule has 5 N–H and O–H groups in total. The second kappa shape index (κ2) is 8.26. The molecule has 2 aromatic carbocycles. The Hall–Kier alpha value is -4.14. The molecule has 0 bridgehead atoms. The van der Waals surface area contributed by atoms with E-state index in [1.54, 1.807) is 16.6 Å². The van der Waals surface area contributed by atoms with Crippen LogP contribution in [0.5, 0.6) is 5.75 Å². The van der Waals surface area contributed by atoms with Gasteiger partial charge in [-0.25, -0.2) is 14.5 Å². The van der Waals surface area contributed by atoms with E-state index < -0.39 is 5.97 Å². The number of nitrogens with two attached hydrogens (primary N) is 1. The van der Waals surface area contributed by atoms with Gasteiger partial charge >= 0.3 is 5.97 Å². The van der Waals surface area contributed by atoms with Gasteiger partial charge in [0, 0.05) is 23.6 Å². The standard InChI is InChI=1S/C26H26N6O3/c27-24-23-22(31-25(32(23)29-13-28-24)15-4-6-16(7-5-15)26(34)35)20-12-17-2-1-3-19(21(17)30-20)14-8-10-18(33)11-9-14/h1-3,8-11,13,15-16,20,30,33H,4-7,12H2,(H,34,35)(H2,27,28,29)/t15-,16-,20?. The summed E-state index contributed by atoms with van der Waals surface area (Å²) in [5.41, 5.74) is 12.1. The first-order chi connectivity index (χ1) is 17.0. The first-order valence-electron chi connectivity index (χ1n) is 11.9. The molecule has 3 heterocycles. The summed E-state index contributed by atoms with van der Waals surface area (Å²) in [6.45, 7) is 0. The van der Waals surface area contributed by atoms with E-state index in [1.807, 2.05) is 18.2 Å². The van der Waals surface area contributed by atoms with E-state index in [1.165, 1.54) is 11.9 Å². The lowest BCUT2D eigenvalue weighted by atomic mass is 9.82. The van der Waals surface area contributed by atoms with E-state index in [-0.39, 0.29) is 23.6 Å². The number of nitrogen functional groups attached to an aromatic ring is 1. The Morgan fingerprint density at radius 1 is 1.09 bits per heavy atom. The summed E-state index contributed by atoms with van der Waals surface area (Å²) in [6.07, 6.45) is 4.96. The quantitative estimate of drug-likeness (QED) is 0.349. The molecule has 2 aliphatic rings. The maximum absolute atomic E-state index is 11.4. The molecule has 9 heteroatoms. The predicted molar refractivity (Wildman–Crippen MR) is 131 cm³/mol. The fraction of sp³-hybridized carbons (Fsp3) is 0.308. The lowest BCUT2D eigenvalue weighted by Crippen LogP contribution is -2.21. The summed E-state index contributed by atoms with van der Waals surface area (Å²) in [5.74, 6) is 0.547.